The van der Waals surface area contributed by atoms with Crippen LogP contribution in [0.25, 0.3) is 11.3 Å². The molecule has 0 unspecified atom stereocenters. The molecule has 1 aliphatic rings. The van der Waals surface area contributed by atoms with E-state index in [0.717, 1.165) is 18.4 Å². The summed E-state index contributed by atoms with van der Waals surface area (Å²) >= 11 is 0. The first kappa shape index (κ1) is 20.4. The maximum atomic E-state index is 12.4. The SMILES string of the molecule is CN(C)S(=O)(=O)N1CCC[C@H](Cc2cccnc2-c2cncc(C(=O)O)c2)C1. The summed E-state index contributed by atoms with van der Waals surface area (Å²) in [6, 6.07) is 5.35. The molecule has 1 saturated heterocycles. The number of aromatic carboxylic acids is 1. The van der Waals surface area contributed by atoms with E-state index in [9.17, 15) is 18.3 Å². The van der Waals surface area contributed by atoms with Crippen LogP contribution in [-0.2, 0) is 16.6 Å². The monoisotopic (exact) mass is 404 g/mol. The van der Waals surface area contributed by atoms with Crippen LogP contribution in [0.1, 0.15) is 28.8 Å². The Bertz CT molecular complexity index is 962. The summed E-state index contributed by atoms with van der Waals surface area (Å²) in [5.74, 6) is -0.870. The number of carboxylic acid groups (broad SMARTS) is 1. The molecule has 0 aromatic carbocycles. The third-order valence-electron chi connectivity index (χ3n) is 4.93. The molecule has 0 aliphatic carbocycles. The van der Waals surface area contributed by atoms with Gasteiger partial charge in [0.2, 0.25) is 0 Å². The van der Waals surface area contributed by atoms with Crippen molar-refractivity contribution in [3.63, 3.8) is 0 Å². The number of aromatic nitrogens is 2. The molecular formula is C19H24N4O4S. The van der Waals surface area contributed by atoms with Gasteiger partial charge in [0.1, 0.15) is 0 Å². The van der Waals surface area contributed by atoms with Crippen LogP contribution in [0.4, 0.5) is 0 Å². The lowest BCUT2D eigenvalue weighted by atomic mass is 9.90. The van der Waals surface area contributed by atoms with Gasteiger partial charge in [-0.2, -0.15) is 17.0 Å². The molecule has 9 heteroatoms. The number of hydrogen-bond donors (Lipinski definition) is 1. The van der Waals surface area contributed by atoms with Crippen LogP contribution in [0.2, 0.25) is 0 Å². The Morgan fingerprint density at radius 3 is 2.86 bits per heavy atom. The number of pyridine rings is 2. The van der Waals surface area contributed by atoms with E-state index in [1.807, 2.05) is 12.1 Å². The van der Waals surface area contributed by atoms with Crippen LogP contribution < -0.4 is 0 Å². The Morgan fingerprint density at radius 1 is 1.36 bits per heavy atom. The normalized spacial score (nSPS) is 18.3. The molecule has 1 N–H and O–H groups in total. The molecule has 3 heterocycles. The van der Waals surface area contributed by atoms with Gasteiger partial charge in [0.25, 0.3) is 10.2 Å². The Labute approximate surface area is 165 Å². The summed E-state index contributed by atoms with van der Waals surface area (Å²) < 4.78 is 27.7. The Morgan fingerprint density at radius 2 is 2.14 bits per heavy atom. The summed E-state index contributed by atoms with van der Waals surface area (Å²) in [6.45, 7) is 0.990. The molecule has 8 nitrogen and oxygen atoms in total. The molecule has 3 rings (SSSR count). The molecule has 1 atom stereocenters. The molecule has 1 fully saturated rings. The Hall–Kier alpha value is -2.36. The fourth-order valence-electron chi connectivity index (χ4n) is 3.49. The van der Waals surface area contributed by atoms with Crippen molar-refractivity contribution in [1.29, 1.82) is 0 Å². The van der Waals surface area contributed by atoms with E-state index in [1.54, 1.807) is 32.6 Å². The van der Waals surface area contributed by atoms with Gasteiger partial charge < -0.3 is 5.11 Å². The molecule has 0 radical (unpaired) electrons. The molecule has 2 aromatic heterocycles. The largest absolute Gasteiger partial charge is 0.478 e. The van der Waals surface area contributed by atoms with Gasteiger partial charge in [-0.15, -0.1) is 0 Å². The second-order valence-corrected chi connectivity index (χ2v) is 9.28. The third kappa shape index (κ3) is 4.37. The topological polar surface area (TPSA) is 104 Å². The fraction of sp³-hybridized carbons (Fsp3) is 0.421. The van der Waals surface area contributed by atoms with E-state index >= 15 is 0 Å². The molecule has 0 bridgehead atoms. The van der Waals surface area contributed by atoms with Gasteiger partial charge in [0, 0.05) is 51.3 Å². The number of carboxylic acids is 1. The average Bonchev–Trinajstić information content (AvgIpc) is 2.68. The van der Waals surface area contributed by atoms with E-state index in [4.69, 9.17) is 0 Å². The van der Waals surface area contributed by atoms with Crippen molar-refractivity contribution in [2.24, 2.45) is 5.92 Å². The lowest BCUT2D eigenvalue weighted by Gasteiger charge is -2.33. The number of rotatable bonds is 6. The van der Waals surface area contributed by atoms with Gasteiger partial charge >= 0.3 is 5.97 Å². The number of carbonyl (C=O) groups is 1. The zero-order chi connectivity index (χ0) is 20.3. The van der Waals surface area contributed by atoms with E-state index in [0.29, 0.717) is 30.8 Å². The third-order valence-corrected chi connectivity index (χ3v) is 6.84. The standard InChI is InChI=1S/C19H24N4O4S/c1-22(2)28(26,27)23-8-4-5-14(13-23)9-15-6-3-7-21-18(15)16-10-17(19(24)25)12-20-11-16/h3,6-7,10-12,14H,4-5,8-9,13H2,1-2H3,(H,24,25)/t14-/m1/s1. The summed E-state index contributed by atoms with van der Waals surface area (Å²) in [4.78, 5) is 19.7. The first-order valence-corrected chi connectivity index (χ1v) is 10.5. The van der Waals surface area contributed by atoms with Crippen LogP contribution in [0.3, 0.4) is 0 Å². The van der Waals surface area contributed by atoms with Crippen LogP contribution in [0.5, 0.6) is 0 Å². The highest BCUT2D eigenvalue weighted by Crippen LogP contribution is 2.28. The first-order chi connectivity index (χ1) is 13.3. The zero-order valence-corrected chi connectivity index (χ0v) is 16.8. The Kier molecular flexibility index (Phi) is 6.07. The summed E-state index contributed by atoms with van der Waals surface area (Å²) in [7, 11) is -0.342. The zero-order valence-electron chi connectivity index (χ0n) is 15.9. The van der Waals surface area contributed by atoms with Crippen LogP contribution in [0, 0.1) is 5.92 Å². The van der Waals surface area contributed by atoms with Gasteiger partial charge in [-0.25, -0.2) is 4.79 Å². The van der Waals surface area contributed by atoms with Crippen molar-refractivity contribution in [3.05, 3.63) is 47.9 Å². The van der Waals surface area contributed by atoms with Gasteiger partial charge in [0.05, 0.1) is 11.3 Å². The molecular weight excluding hydrogens is 380 g/mol. The predicted octanol–water partition coefficient (Wildman–Crippen LogP) is 1.90. The van der Waals surface area contributed by atoms with Crippen molar-refractivity contribution in [1.82, 2.24) is 18.6 Å². The summed E-state index contributed by atoms with van der Waals surface area (Å²) in [5, 5.41) is 9.21. The van der Waals surface area contributed by atoms with E-state index in [1.165, 1.54) is 14.8 Å². The van der Waals surface area contributed by atoms with Crippen LogP contribution in [-0.4, -0.2) is 65.3 Å². The maximum Gasteiger partial charge on any atom is 0.337 e. The van der Waals surface area contributed by atoms with Crippen molar-refractivity contribution in [2.75, 3.05) is 27.2 Å². The molecule has 150 valence electrons. The highest BCUT2D eigenvalue weighted by atomic mass is 32.2. The molecule has 2 aromatic rings. The quantitative estimate of drug-likeness (QED) is 0.789. The highest BCUT2D eigenvalue weighted by molar-refractivity contribution is 7.86. The van der Waals surface area contributed by atoms with Crippen molar-refractivity contribution >= 4 is 16.2 Å². The lowest BCUT2D eigenvalue weighted by molar-refractivity contribution is 0.0696. The van der Waals surface area contributed by atoms with Gasteiger partial charge in [-0.1, -0.05) is 6.07 Å². The van der Waals surface area contributed by atoms with Crippen LogP contribution in [0.15, 0.2) is 36.8 Å². The average molecular weight is 404 g/mol. The fourth-order valence-corrected chi connectivity index (χ4v) is 4.72. The molecule has 28 heavy (non-hydrogen) atoms. The lowest BCUT2D eigenvalue weighted by Crippen LogP contribution is -2.45. The summed E-state index contributed by atoms with van der Waals surface area (Å²) in [5.41, 5.74) is 2.39. The van der Waals surface area contributed by atoms with E-state index in [2.05, 4.69) is 9.97 Å². The van der Waals surface area contributed by atoms with E-state index in [-0.39, 0.29) is 11.5 Å². The minimum atomic E-state index is -3.43. The van der Waals surface area contributed by atoms with Gasteiger partial charge in [-0.3, -0.25) is 9.97 Å². The number of nitrogens with zero attached hydrogens (tertiary/aromatic N) is 4. The second kappa shape index (κ2) is 8.34. The first-order valence-electron chi connectivity index (χ1n) is 9.09. The summed E-state index contributed by atoms with van der Waals surface area (Å²) in [6.07, 6.45) is 6.97. The number of piperidine rings is 1. The van der Waals surface area contributed by atoms with Gasteiger partial charge in [0.15, 0.2) is 0 Å². The van der Waals surface area contributed by atoms with Gasteiger partial charge in [-0.05, 0) is 42.9 Å². The maximum absolute atomic E-state index is 12.4. The van der Waals surface area contributed by atoms with Crippen LogP contribution >= 0.6 is 0 Å². The molecule has 0 spiro atoms. The smallest absolute Gasteiger partial charge is 0.337 e. The molecule has 0 saturated carbocycles. The number of hydrogen-bond acceptors (Lipinski definition) is 5. The van der Waals surface area contributed by atoms with Crippen molar-refractivity contribution in [2.45, 2.75) is 19.3 Å². The van der Waals surface area contributed by atoms with Crippen molar-refractivity contribution < 1.29 is 18.3 Å². The van der Waals surface area contributed by atoms with Crippen molar-refractivity contribution in [3.8, 4) is 11.3 Å². The molecule has 1 aliphatic heterocycles. The molecule has 0 amide bonds. The minimum absolute atomic E-state index is 0.107. The van der Waals surface area contributed by atoms with E-state index < -0.39 is 16.2 Å². The predicted molar refractivity (Wildman–Crippen MR) is 105 cm³/mol. The highest BCUT2D eigenvalue weighted by Gasteiger charge is 2.30. The second-order valence-electron chi connectivity index (χ2n) is 7.14. The Balaban J connectivity index is 1.84. The minimum Gasteiger partial charge on any atom is -0.478 e.